The van der Waals surface area contributed by atoms with Gasteiger partial charge in [0.1, 0.15) is 0 Å². The van der Waals surface area contributed by atoms with Crippen LogP contribution in [-0.2, 0) is 0 Å². The molecule has 0 aliphatic carbocycles. The highest BCUT2D eigenvalue weighted by Crippen LogP contribution is 2.25. The zero-order valence-electron chi connectivity index (χ0n) is 9.28. The molecule has 0 N–H and O–H groups in total. The predicted octanol–water partition coefficient (Wildman–Crippen LogP) is 3.20. The fourth-order valence-electron chi connectivity index (χ4n) is 2.04. The first kappa shape index (κ1) is 9.28. The van der Waals surface area contributed by atoms with Crippen molar-refractivity contribution in [3.8, 4) is 0 Å². The van der Waals surface area contributed by atoms with Crippen molar-refractivity contribution in [2.45, 2.75) is 13.8 Å². The third-order valence-electron chi connectivity index (χ3n) is 2.99. The summed E-state index contributed by atoms with van der Waals surface area (Å²) in [6.45, 7) is 4.16. The average Bonchev–Trinajstić information content (AvgIpc) is 2.30. The monoisotopic (exact) mass is 207 g/mol. The molecule has 0 aliphatic heterocycles. The maximum absolute atomic E-state index is 4.43. The molecule has 0 saturated heterocycles. The van der Waals surface area contributed by atoms with Crippen LogP contribution in [-0.4, -0.2) is 9.97 Å². The number of hydrogen-bond acceptors (Lipinski definition) is 2. The fourth-order valence-corrected chi connectivity index (χ4v) is 2.04. The Balaban J connectivity index is 2.60. The number of aryl methyl sites for hydroxylation is 2. The van der Waals surface area contributed by atoms with Crippen LogP contribution in [0, 0.1) is 20.0 Å². The van der Waals surface area contributed by atoms with Crippen LogP contribution >= 0.6 is 0 Å². The van der Waals surface area contributed by atoms with E-state index in [1.54, 1.807) is 0 Å². The molecular weight excluding hydrogens is 196 g/mol. The molecule has 0 atom stereocenters. The largest absolute Gasteiger partial charge is 0.254 e. The van der Waals surface area contributed by atoms with Gasteiger partial charge in [0.25, 0.3) is 0 Å². The molecule has 0 amide bonds. The summed E-state index contributed by atoms with van der Waals surface area (Å²) in [5.41, 5.74) is 4.34. The summed E-state index contributed by atoms with van der Waals surface area (Å²) in [6.07, 6.45) is 4.76. The molecular formula is C14H11N2. The maximum atomic E-state index is 4.43. The molecule has 0 bridgehead atoms. The summed E-state index contributed by atoms with van der Waals surface area (Å²) < 4.78 is 0. The van der Waals surface area contributed by atoms with E-state index in [0.29, 0.717) is 0 Å². The Kier molecular flexibility index (Phi) is 1.90. The van der Waals surface area contributed by atoms with Crippen molar-refractivity contribution in [2.24, 2.45) is 0 Å². The first-order valence-electron chi connectivity index (χ1n) is 5.29. The van der Waals surface area contributed by atoms with E-state index in [2.05, 4.69) is 42.1 Å². The van der Waals surface area contributed by atoms with Gasteiger partial charge in [0.05, 0.1) is 17.2 Å². The van der Waals surface area contributed by atoms with Gasteiger partial charge in [-0.15, -0.1) is 0 Å². The van der Waals surface area contributed by atoms with Crippen molar-refractivity contribution in [3.05, 3.63) is 47.8 Å². The number of fused-ring (bicyclic) bond motifs is 3. The number of pyridine rings is 2. The van der Waals surface area contributed by atoms with Crippen LogP contribution in [0.1, 0.15) is 11.1 Å². The maximum Gasteiger partial charge on any atom is 0.0975 e. The van der Waals surface area contributed by atoms with Gasteiger partial charge >= 0.3 is 0 Å². The lowest BCUT2D eigenvalue weighted by Gasteiger charge is -2.05. The first-order valence-corrected chi connectivity index (χ1v) is 5.29. The third-order valence-corrected chi connectivity index (χ3v) is 2.99. The Bertz CT molecular complexity index is 626. The normalized spacial score (nSPS) is 11.1. The molecule has 2 aromatic heterocycles. The van der Waals surface area contributed by atoms with E-state index >= 15 is 0 Å². The second kappa shape index (κ2) is 3.27. The van der Waals surface area contributed by atoms with Crippen molar-refractivity contribution in [3.63, 3.8) is 0 Å². The number of rotatable bonds is 0. The summed E-state index contributed by atoms with van der Waals surface area (Å²) in [4.78, 5) is 8.75. The highest BCUT2D eigenvalue weighted by molar-refractivity contribution is 6.04. The van der Waals surface area contributed by atoms with Crippen molar-refractivity contribution in [1.29, 1.82) is 0 Å². The summed E-state index contributed by atoms with van der Waals surface area (Å²) in [6, 6.07) is 8.16. The van der Waals surface area contributed by atoms with Gasteiger partial charge in [-0.05, 0) is 37.1 Å². The Labute approximate surface area is 94.0 Å². The molecule has 2 heteroatoms. The molecule has 2 heterocycles. The van der Waals surface area contributed by atoms with Crippen LogP contribution in [0.2, 0.25) is 0 Å². The van der Waals surface area contributed by atoms with Crippen LogP contribution < -0.4 is 0 Å². The number of benzene rings is 1. The van der Waals surface area contributed by atoms with Crippen LogP contribution in [0.4, 0.5) is 0 Å². The van der Waals surface area contributed by atoms with E-state index in [0.717, 1.165) is 16.4 Å². The first-order chi connectivity index (χ1) is 7.77. The van der Waals surface area contributed by atoms with Crippen LogP contribution in [0.25, 0.3) is 21.8 Å². The Hall–Kier alpha value is -1.96. The molecule has 77 valence electrons. The minimum atomic E-state index is 0.946. The SMILES string of the molecule is Cc1c[c]nc2c1ccc1c(C)ccnc12. The average molecular weight is 207 g/mol. The zero-order valence-corrected chi connectivity index (χ0v) is 9.28. The molecule has 3 aromatic rings. The van der Waals surface area contributed by atoms with Gasteiger partial charge in [-0.2, -0.15) is 0 Å². The lowest BCUT2D eigenvalue weighted by Crippen LogP contribution is -1.88. The fraction of sp³-hybridized carbons (Fsp3) is 0.143. The quantitative estimate of drug-likeness (QED) is 0.529. The molecule has 1 aromatic carbocycles. The lowest BCUT2D eigenvalue weighted by atomic mass is 10.0. The topological polar surface area (TPSA) is 25.8 Å². The summed E-state index contributed by atoms with van der Waals surface area (Å²) >= 11 is 0. The minimum Gasteiger partial charge on any atom is -0.254 e. The summed E-state index contributed by atoms with van der Waals surface area (Å²) in [7, 11) is 0. The Morgan fingerprint density at radius 3 is 2.50 bits per heavy atom. The molecule has 0 saturated carbocycles. The third kappa shape index (κ3) is 1.20. The summed E-state index contributed by atoms with van der Waals surface area (Å²) in [5.74, 6) is 0. The molecule has 0 unspecified atom stereocenters. The zero-order chi connectivity index (χ0) is 11.1. The lowest BCUT2D eigenvalue weighted by molar-refractivity contribution is 1.32. The molecule has 16 heavy (non-hydrogen) atoms. The highest BCUT2D eigenvalue weighted by Gasteiger charge is 2.05. The van der Waals surface area contributed by atoms with Crippen LogP contribution in [0.15, 0.2) is 30.5 Å². The van der Waals surface area contributed by atoms with Crippen molar-refractivity contribution in [1.82, 2.24) is 9.97 Å². The second-order valence-electron chi connectivity index (χ2n) is 4.05. The highest BCUT2D eigenvalue weighted by atomic mass is 14.7. The van der Waals surface area contributed by atoms with E-state index in [1.807, 2.05) is 18.3 Å². The standard InChI is InChI=1S/C14H11N2/c1-9-5-7-15-13-11(9)3-4-12-10(2)6-8-16-14(12)13/h3-7H,1-2H3. The number of nitrogens with zero attached hydrogens (tertiary/aromatic N) is 2. The molecule has 0 fully saturated rings. The van der Waals surface area contributed by atoms with Gasteiger partial charge in [-0.1, -0.05) is 12.1 Å². The van der Waals surface area contributed by atoms with E-state index in [1.165, 1.54) is 16.5 Å². The Morgan fingerprint density at radius 1 is 0.938 bits per heavy atom. The van der Waals surface area contributed by atoms with Gasteiger partial charge in [0, 0.05) is 17.0 Å². The molecule has 3 rings (SSSR count). The smallest absolute Gasteiger partial charge is 0.0975 e. The summed E-state index contributed by atoms with van der Waals surface area (Å²) in [5, 5.41) is 2.32. The van der Waals surface area contributed by atoms with Crippen LogP contribution in [0.3, 0.4) is 0 Å². The number of hydrogen-bond donors (Lipinski definition) is 0. The van der Waals surface area contributed by atoms with E-state index in [9.17, 15) is 0 Å². The minimum absolute atomic E-state index is 0.946. The van der Waals surface area contributed by atoms with E-state index in [4.69, 9.17) is 0 Å². The molecule has 0 aliphatic rings. The van der Waals surface area contributed by atoms with Gasteiger partial charge in [0.15, 0.2) is 0 Å². The predicted molar refractivity (Wildman–Crippen MR) is 65.4 cm³/mol. The molecule has 2 nitrogen and oxygen atoms in total. The van der Waals surface area contributed by atoms with Crippen molar-refractivity contribution in [2.75, 3.05) is 0 Å². The van der Waals surface area contributed by atoms with Crippen LogP contribution in [0.5, 0.6) is 0 Å². The Morgan fingerprint density at radius 2 is 1.69 bits per heavy atom. The van der Waals surface area contributed by atoms with Gasteiger partial charge in [-0.3, -0.25) is 4.98 Å². The van der Waals surface area contributed by atoms with E-state index < -0.39 is 0 Å². The molecule has 1 radical (unpaired) electrons. The number of aromatic nitrogens is 2. The van der Waals surface area contributed by atoms with Gasteiger partial charge < -0.3 is 0 Å². The van der Waals surface area contributed by atoms with Crippen molar-refractivity contribution < 1.29 is 0 Å². The van der Waals surface area contributed by atoms with Crippen molar-refractivity contribution >= 4 is 21.8 Å². The molecule has 0 spiro atoms. The van der Waals surface area contributed by atoms with Gasteiger partial charge in [-0.25, -0.2) is 4.98 Å². The second-order valence-corrected chi connectivity index (χ2v) is 4.05. The van der Waals surface area contributed by atoms with Gasteiger partial charge in [0.2, 0.25) is 0 Å². The van der Waals surface area contributed by atoms with E-state index in [-0.39, 0.29) is 0 Å².